The van der Waals surface area contributed by atoms with Gasteiger partial charge >= 0.3 is 0 Å². The van der Waals surface area contributed by atoms with Crippen LogP contribution in [0.3, 0.4) is 0 Å². The monoisotopic (exact) mass is 236 g/mol. The molecule has 1 aromatic rings. The average Bonchev–Trinajstić information content (AvgIpc) is 2.95. The fourth-order valence-electron chi connectivity index (χ4n) is 2.29. The predicted molar refractivity (Wildman–Crippen MR) is 66.2 cm³/mol. The van der Waals surface area contributed by atoms with Crippen LogP contribution in [0.15, 0.2) is 10.5 Å². The lowest BCUT2D eigenvalue weighted by atomic mass is 10.2. The number of hydrogen-bond acceptors (Lipinski definition) is 3. The highest BCUT2D eigenvalue weighted by atomic mass is 16.4. The molecule has 4 heteroatoms. The number of nitrogens with zero attached hydrogens (tertiary/aromatic N) is 1. The van der Waals surface area contributed by atoms with E-state index in [-0.39, 0.29) is 11.9 Å². The number of nitrogens with one attached hydrogen (secondary N) is 1. The van der Waals surface area contributed by atoms with Gasteiger partial charge in [-0.05, 0) is 31.5 Å². The van der Waals surface area contributed by atoms with Crippen molar-refractivity contribution in [2.45, 2.75) is 32.7 Å². The van der Waals surface area contributed by atoms with E-state index in [0.29, 0.717) is 5.76 Å². The molecule has 2 heterocycles. The molecule has 0 saturated carbocycles. The van der Waals surface area contributed by atoms with Gasteiger partial charge in [-0.25, -0.2) is 0 Å². The number of furan rings is 1. The van der Waals surface area contributed by atoms with Crippen LogP contribution in [-0.2, 0) is 6.42 Å². The lowest BCUT2D eigenvalue weighted by Crippen LogP contribution is -2.38. The standard InChI is InChI=1S/C13H20N2O2/c1-4-11-9(2)7-12(17-11)13(16)15(3)10-5-6-14-8-10/h7,10,14H,4-6,8H2,1-3H3. The molecule has 94 valence electrons. The first-order chi connectivity index (χ1) is 8.13. The second-order valence-corrected chi connectivity index (χ2v) is 4.63. The molecule has 4 nitrogen and oxygen atoms in total. The topological polar surface area (TPSA) is 45.5 Å². The van der Waals surface area contributed by atoms with Gasteiger partial charge in [0.25, 0.3) is 5.91 Å². The van der Waals surface area contributed by atoms with Crippen LogP contribution in [0.4, 0.5) is 0 Å². The highest BCUT2D eigenvalue weighted by Gasteiger charge is 2.26. The Morgan fingerprint density at radius 2 is 2.41 bits per heavy atom. The summed E-state index contributed by atoms with van der Waals surface area (Å²) in [6, 6.07) is 2.14. The molecular weight excluding hydrogens is 216 g/mol. The molecule has 1 unspecified atom stereocenters. The maximum Gasteiger partial charge on any atom is 0.289 e. The van der Waals surface area contributed by atoms with Crippen molar-refractivity contribution < 1.29 is 9.21 Å². The summed E-state index contributed by atoms with van der Waals surface area (Å²) in [5.74, 6) is 1.36. The fraction of sp³-hybridized carbons (Fsp3) is 0.615. The lowest BCUT2D eigenvalue weighted by molar-refractivity contribution is 0.0710. The molecular formula is C13H20N2O2. The van der Waals surface area contributed by atoms with Gasteiger partial charge in [0.1, 0.15) is 5.76 Å². The smallest absolute Gasteiger partial charge is 0.289 e. The Morgan fingerprint density at radius 1 is 1.65 bits per heavy atom. The Morgan fingerprint density at radius 3 is 2.94 bits per heavy atom. The minimum Gasteiger partial charge on any atom is -0.456 e. The van der Waals surface area contributed by atoms with Crippen LogP contribution in [-0.4, -0.2) is 37.0 Å². The summed E-state index contributed by atoms with van der Waals surface area (Å²) in [5, 5.41) is 3.26. The molecule has 17 heavy (non-hydrogen) atoms. The van der Waals surface area contributed by atoms with Crippen molar-refractivity contribution in [2.75, 3.05) is 20.1 Å². The molecule has 1 aliphatic rings. The van der Waals surface area contributed by atoms with Gasteiger partial charge in [0.2, 0.25) is 0 Å². The van der Waals surface area contributed by atoms with Gasteiger partial charge in [0.05, 0.1) is 0 Å². The summed E-state index contributed by atoms with van der Waals surface area (Å²) in [7, 11) is 1.85. The third-order valence-electron chi connectivity index (χ3n) is 3.45. The molecule has 1 atom stereocenters. The molecule has 1 aromatic heterocycles. The number of carbonyl (C=O) groups is 1. The molecule has 0 radical (unpaired) electrons. The summed E-state index contributed by atoms with van der Waals surface area (Å²) in [6.45, 7) is 5.88. The van der Waals surface area contributed by atoms with E-state index in [9.17, 15) is 4.79 Å². The minimum absolute atomic E-state index is 0.0125. The van der Waals surface area contributed by atoms with Crippen LogP contribution in [0, 0.1) is 6.92 Å². The van der Waals surface area contributed by atoms with E-state index in [1.807, 2.05) is 27.0 Å². The van der Waals surface area contributed by atoms with E-state index in [0.717, 1.165) is 37.3 Å². The number of aryl methyl sites for hydroxylation is 2. The van der Waals surface area contributed by atoms with Gasteiger partial charge in [-0.15, -0.1) is 0 Å². The normalized spacial score (nSPS) is 19.6. The van der Waals surface area contributed by atoms with Gasteiger partial charge in [-0.3, -0.25) is 4.79 Å². The minimum atomic E-state index is -0.0125. The maximum absolute atomic E-state index is 12.2. The third-order valence-corrected chi connectivity index (χ3v) is 3.45. The molecule has 0 spiro atoms. The molecule has 2 rings (SSSR count). The van der Waals surface area contributed by atoms with Crippen molar-refractivity contribution in [3.8, 4) is 0 Å². The molecule has 0 bridgehead atoms. The first-order valence-electron chi connectivity index (χ1n) is 6.20. The van der Waals surface area contributed by atoms with Gasteiger partial charge in [0.15, 0.2) is 5.76 Å². The van der Waals surface area contributed by atoms with E-state index < -0.39 is 0 Å². The quantitative estimate of drug-likeness (QED) is 0.866. The van der Waals surface area contributed by atoms with E-state index >= 15 is 0 Å². The van der Waals surface area contributed by atoms with Crippen LogP contribution in [0.1, 0.15) is 35.2 Å². The Balaban J connectivity index is 2.12. The number of likely N-dealkylation sites (N-methyl/N-ethyl adjacent to an activating group) is 1. The van der Waals surface area contributed by atoms with Gasteiger partial charge in [0, 0.05) is 26.1 Å². The molecule has 1 aliphatic heterocycles. The average molecular weight is 236 g/mol. The van der Waals surface area contributed by atoms with Crippen molar-refractivity contribution in [2.24, 2.45) is 0 Å². The molecule has 1 N–H and O–H groups in total. The number of carbonyl (C=O) groups excluding carboxylic acids is 1. The van der Waals surface area contributed by atoms with Crippen LogP contribution < -0.4 is 5.32 Å². The van der Waals surface area contributed by atoms with Gasteiger partial charge in [-0.2, -0.15) is 0 Å². The van der Waals surface area contributed by atoms with Crippen molar-refractivity contribution >= 4 is 5.91 Å². The largest absolute Gasteiger partial charge is 0.456 e. The zero-order valence-corrected chi connectivity index (χ0v) is 10.7. The van der Waals surface area contributed by atoms with E-state index in [1.54, 1.807) is 4.90 Å². The zero-order valence-electron chi connectivity index (χ0n) is 10.7. The van der Waals surface area contributed by atoms with Crippen molar-refractivity contribution in [1.29, 1.82) is 0 Å². The molecule has 1 saturated heterocycles. The Kier molecular flexibility index (Phi) is 3.52. The maximum atomic E-state index is 12.2. The zero-order chi connectivity index (χ0) is 12.4. The van der Waals surface area contributed by atoms with E-state index in [4.69, 9.17) is 4.42 Å². The van der Waals surface area contributed by atoms with Crippen molar-refractivity contribution in [3.63, 3.8) is 0 Å². The molecule has 1 amide bonds. The van der Waals surface area contributed by atoms with Crippen LogP contribution in [0.2, 0.25) is 0 Å². The number of rotatable bonds is 3. The van der Waals surface area contributed by atoms with Crippen molar-refractivity contribution in [1.82, 2.24) is 10.2 Å². The summed E-state index contributed by atoms with van der Waals surface area (Å²) in [4.78, 5) is 14.0. The van der Waals surface area contributed by atoms with Crippen LogP contribution in [0.5, 0.6) is 0 Å². The molecule has 0 aliphatic carbocycles. The second-order valence-electron chi connectivity index (χ2n) is 4.63. The van der Waals surface area contributed by atoms with Gasteiger partial charge in [-0.1, -0.05) is 6.92 Å². The van der Waals surface area contributed by atoms with E-state index in [1.165, 1.54) is 0 Å². The SMILES string of the molecule is CCc1oc(C(=O)N(C)C2CCNC2)cc1C. The summed E-state index contributed by atoms with van der Waals surface area (Å²) < 4.78 is 5.59. The van der Waals surface area contributed by atoms with Gasteiger partial charge < -0.3 is 14.6 Å². The van der Waals surface area contributed by atoms with Crippen LogP contribution in [0.25, 0.3) is 0 Å². The van der Waals surface area contributed by atoms with Crippen molar-refractivity contribution in [3.05, 3.63) is 23.2 Å². The number of amides is 1. The lowest BCUT2D eigenvalue weighted by Gasteiger charge is -2.22. The summed E-state index contributed by atoms with van der Waals surface area (Å²) in [5.41, 5.74) is 1.06. The Hall–Kier alpha value is -1.29. The highest BCUT2D eigenvalue weighted by Crippen LogP contribution is 2.18. The highest BCUT2D eigenvalue weighted by molar-refractivity contribution is 5.91. The summed E-state index contributed by atoms with van der Waals surface area (Å²) >= 11 is 0. The Labute approximate surface area is 102 Å². The Bertz CT molecular complexity index is 406. The fourth-order valence-corrected chi connectivity index (χ4v) is 2.29. The summed E-state index contributed by atoms with van der Waals surface area (Å²) in [6.07, 6.45) is 1.84. The van der Waals surface area contributed by atoms with E-state index in [2.05, 4.69) is 5.32 Å². The predicted octanol–water partition coefficient (Wildman–Crippen LogP) is 1.58. The first kappa shape index (κ1) is 12.2. The molecule has 1 fully saturated rings. The number of hydrogen-bond donors (Lipinski definition) is 1. The second kappa shape index (κ2) is 4.92. The first-order valence-corrected chi connectivity index (χ1v) is 6.20. The van der Waals surface area contributed by atoms with Crippen LogP contribution >= 0.6 is 0 Å². The molecule has 0 aromatic carbocycles. The third kappa shape index (κ3) is 2.36.